The van der Waals surface area contributed by atoms with Gasteiger partial charge in [0.25, 0.3) is 0 Å². The first-order valence-corrected chi connectivity index (χ1v) is 5.82. The Morgan fingerprint density at radius 3 is 2.53 bits per heavy atom. The first kappa shape index (κ1) is 12.2. The van der Waals surface area contributed by atoms with E-state index in [1.807, 2.05) is 4.90 Å². The molecule has 1 rings (SSSR count). The van der Waals surface area contributed by atoms with Gasteiger partial charge in [0.05, 0.1) is 6.54 Å². The third-order valence-corrected chi connectivity index (χ3v) is 2.64. The van der Waals surface area contributed by atoms with Crippen LogP contribution < -0.4 is 5.32 Å². The van der Waals surface area contributed by atoms with Crippen LogP contribution in [-0.4, -0.2) is 37.0 Å². The first-order chi connectivity index (χ1) is 7.20. The van der Waals surface area contributed by atoms with Crippen LogP contribution >= 0.6 is 0 Å². The Bertz CT molecular complexity index is 226. The van der Waals surface area contributed by atoms with Crippen LogP contribution in [0.2, 0.25) is 0 Å². The van der Waals surface area contributed by atoms with Gasteiger partial charge in [-0.1, -0.05) is 11.6 Å². The Hall–Kier alpha value is -0.830. The van der Waals surface area contributed by atoms with E-state index in [0.29, 0.717) is 6.54 Å². The van der Waals surface area contributed by atoms with E-state index in [-0.39, 0.29) is 5.91 Å². The SMILES string of the molecule is CC(C)=CCNCC(=O)N1CCCCC1. The maximum Gasteiger partial charge on any atom is 0.236 e. The number of carbonyl (C=O) groups excluding carboxylic acids is 1. The summed E-state index contributed by atoms with van der Waals surface area (Å²) in [6, 6.07) is 0. The Balaban J connectivity index is 2.15. The van der Waals surface area contributed by atoms with E-state index in [0.717, 1.165) is 19.6 Å². The molecule has 0 spiro atoms. The standard InChI is InChI=1S/C12H22N2O/c1-11(2)6-7-13-10-12(15)14-8-4-3-5-9-14/h6,13H,3-5,7-10H2,1-2H3. The van der Waals surface area contributed by atoms with Crippen LogP contribution in [-0.2, 0) is 4.79 Å². The summed E-state index contributed by atoms with van der Waals surface area (Å²) in [6.45, 7) is 7.29. The molecule has 0 aromatic heterocycles. The largest absolute Gasteiger partial charge is 0.342 e. The van der Waals surface area contributed by atoms with Crippen molar-refractivity contribution >= 4 is 5.91 Å². The molecule has 0 aromatic carbocycles. The Kier molecular flexibility index (Phi) is 5.40. The molecule has 0 aliphatic carbocycles. The summed E-state index contributed by atoms with van der Waals surface area (Å²) < 4.78 is 0. The van der Waals surface area contributed by atoms with Crippen molar-refractivity contribution in [2.24, 2.45) is 0 Å². The summed E-state index contributed by atoms with van der Waals surface area (Å²) in [5.41, 5.74) is 1.29. The van der Waals surface area contributed by atoms with Gasteiger partial charge in [-0.15, -0.1) is 0 Å². The third-order valence-electron chi connectivity index (χ3n) is 2.64. The monoisotopic (exact) mass is 210 g/mol. The molecule has 0 bridgehead atoms. The van der Waals surface area contributed by atoms with Crippen LogP contribution in [0.4, 0.5) is 0 Å². The van der Waals surface area contributed by atoms with Gasteiger partial charge in [-0.25, -0.2) is 0 Å². The minimum Gasteiger partial charge on any atom is -0.342 e. The second kappa shape index (κ2) is 6.62. The van der Waals surface area contributed by atoms with Gasteiger partial charge in [0, 0.05) is 19.6 Å². The average Bonchev–Trinajstić information content (AvgIpc) is 2.25. The molecule has 3 nitrogen and oxygen atoms in total. The van der Waals surface area contributed by atoms with E-state index in [2.05, 4.69) is 25.2 Å². The number of allylic oxidation sites excluding steroid dienone is 1. The van der Waals surface area contributed by atoms with Gasteiger partial charge in [-0.05, 0) is 33.1 Å². The molecule has 0 atom stereocenters. The number of rotatable bonds is 4. The number of hydrogen-bond acceptors (Lipinski definition) is 2. The fraction of sp³-hybridized carbons (Fsp3) is 0.750. The van der Waals surface area contributed by atoms with Gasteiger partial charge in [0.2, 0.25) is 5.91 Å². The minimum atomic E-state index is 0.247. The van der Waals surface area contributed by atoms with Gasteiger partial charge in [0.15, 0.2) is 0 Å². The molecule has 0 unspecified atom stereocenters. The smallest absolute Gasteiger partial charge is 0.236 e. The molecule has 15 heavy (non-hydrogen) atoms. The molecule has 1 fully saturated rings. The van der Waals surface area contributed by atoms with Crippen molar-refractivity contribution in [3.8, 4) is 0 Å². The summed E-state index contributed by atoms with van der Waals surface area (Å²) in [4.78, 5) is 13.7. The highest BCUT2D eigenvalue weighted by atomic mass is 16.2. The van der Waals surface area contributed by atoms with Crippen LogP contribution in [0.5, 0.6) is 0 Å². The molecule has 86 valence electrons. The topological polar surface area (TPSA) is 32.3 Å². The minimum absolute atomic E-state index is 0.247. The molecule has 0 saturated carbocycles. The van der Waals surface area contributed by atoms with E-state index in [9.17, 15) is 4.79 Å². The normalized spacial score (nSPS) is 16.3. The maximum atomic E-state index is 11.7. The Labute approximate surface area is 92.5 Å². The second-order valence-electron chi connectivity index (χ2n) is 4.35. The van der Waals surface area contributed by atoms with Crippen LogP contribution in [0.3, 0.4) is 0 Å². The summed E-state index contributed by atoms with van der Waals surface area (Å²) in [7, 11) is 0. The lowest BCUT2D eigenvalue weighted by atomic mass is 10.1. The van der Waals surface area contributed by atoms with Gasteiger partial charge in [0.1, 0.15) is 0 Å². The van der Waals surface area contributed by atoms with Crippen LogP contribution in [0.25, 0.3) is 0 Å². The Morgan fingerprint density at radius 1 is 1.27 bits per heavy atom. The molecule has 1 heterocycles. The fourth-order valence-corrected chi connectivity index (χ4v) is 1.71. The van der Waals surface area contributed by atoms with Gasteiger partial charge in [-0.3, -0.25) is 4.79 Å². The number of carbonyl (C=O) groups is 1. The molecular formula is C12H22N2O. The van der Waals surface area contributed by atoms with Crippen molar-refractivity contribution in [3.63, 3.8) is 0 Å². The molecule has 3 heteroatoms. The molecule has 1 amide bonds. The van der Waals surface area contributed by atoms with Crippen molar-refractivity contribution in [3.05, 3.63) is 11.6 Å². The van der Waals surface area contributed by atoms with Crippen molar-refractivity contribution < 1.29 is 4.79 Å². The summed E-state index contributed by atoms with van der Waals surface area (Å²) in [6.07, 6.45) is 5.71. The summed E-state index contributed by atoms with van der Waals surface area (Å²) in [5, 5.41) is 3.15. The number of nitrogens with one attached hydrogen (secondary N) is 1. The molecular weight excluding hydrogens is 188 g/mol. The van der Waals surface area contributed by atoms with Crippen molar-refractivity contribution in [1.29, 1.82) is 0 Å². The lowest BCUT2D eigenvalue weighted by Crippen LogP contribution is -2.41. The highest BCUT2D eigenvalue weighted by Gasteiger charge is 2.15. The number of hydrogen-bond donors (Lipinski definition) is 1. The number of piperidine rings is 1. The molecule has 1 aliphatic heterocycles. The van der Waals surface area contributed by atoms with E-state index in [1.165, 1.54) is 24.8 Å². The zero-order valence-corrected chi connectivity index (χ0v) is 9.88. The Morgan fingerprint density at radius 2 is 1.93 bits per heavy atom. The summed E-state index contributed by atoms with van der Waals surface area (Å²) >= 11 is 0. The molecule has 1 N–H and O–H groups in total. The quantitative estimate of drug-likeness (QED) is 0.564. The summed E-state index contributed by atoms with van der Waals surface area (Å²) in [5.74, 6) is 0.247. The van der Waals surface area contributed by atoms with Crippen molar-refractivity contribution in [2.75, 3.05) is 26.2 Å². The van der Waals surface area contributed by atoms with Crippen LogP contribution in [0.1, 0.15) is 33.1 Å². The van der Waals surface area contributed by atoms with E-state index in [4.69, 9.17) is 0 Å². The molecule has 0 radical (unpaired) electrons. The zero-order valence-electron chi connectivity index (χ0n) is 9.88. The highest BCUT2D eigenvalue weighted by molar-refractivity contribution is 5.78. The van der Waals surface area contributed by atoms with Gasteiger partial charge < -0.3 is 10.2 Å². The zero-order chi connectivity index (χ0) is 11.1. The fourth-order valence-electron chi connectivity index (χ4n) is 1.71. The van der Waals surface area contributed by atoms with E-state index < -0.39 is 0 Å². The van der Waals surface area contributed by atoms with E-state index in [1.54, 1.807) is 0 Å². The maximum absolute atomic E-state index is 11.7. The predicted octanol–water partition coefficient (Wildman–Crippen LogP) is 1.55. The van der Waals surface area contributed by atoms with Crippen molar-refractivity contribution in [1.82, 2.24) is 10.2 Å². The van der Waals surface area contributed by atoms with Gasteiger partial charge in [-0.2, -0.15) is 0 Å². The lowest BCUT2D eigenvalue weighted by Gasteiger charge is -2.26. The van der Waals surface area contributed by atoms with Crippen LogP contribution in [0, 0.1) is 0 Å². The van der Waals surface area contributed by atoms with E-state index >= 15 is 0 Å². The number of amides is 1. The number of nitrogens with zero attached hydrogens (tertiary/aromatic N) is 1. The average molecular weight is 210 g/mol. The first-order valence-electron chi connectivity index (χ1n) is 5.82. The van der Waals surface area contributed by atoms with Crippen LogP contribution in [0.15, 0.2) is 11.6 Å². The van der Waals surface area contributed by atoms with Gasteiger partial charge >= 0.3 is 0 Å². The molecule has 1 saturated heterocycles. The number of likely N-dealkylation sites (tertiary alicyclic amines) is 1. The predicted molar refractivity (Wildman–Crippen MR) is 62.7 cm³/mol. The third kappa shape index (κ3) is 4.98. The molecule has 0 aromatic rings. The second-order valence-corrected chi connectivity index (χ2v) is 4.35. The highest BCUT2D eigenvalue weighted by Crippen LogP contribution is 2.07. The molecule has 1 aliphatic rings. The van der Waals surface area contributed by atoms with Crippen molar-refractivity contribution in [2.45, 2.75) is 33.1 Å². The lowest BCUT2D eigenvalue weighted by molar-refractivity contribution is -0.131.